The smallest absolute Gasteiger partial charge is 0.145 e. The fraction of sp³-hybridized carbons (Fsp3) is 0.167. The van der Waals surface area contributed by atoms with E-state index in [1.54, 1.807) is 19.2 Å². The van der Waals surface area contributed by atoms with Crippen molar-refractivity contribution >= 4 is 22.3 Å². The van der Waals surface area contributed by atoms with E-state index in [0.717, 1.165) is 39.3 Å². The summed E-state index contributed by atoms with van der Waals surface area (Å²) in [4.78, 5) is 4.58. The first-order valence-electron chi connectivity index (χ1n) is 7.09. The third-order valence-corrected chi connectivity index (χ3v) is 3.63. The van der Waals surface area contributed by atoms with Gasteiger partial charge in [-0.15, -0.1) is 0 Å². The fourth-order valence-corrected chi connectivity index (χ4v) is 2.55. The number of ether oxygens (including phenoxy) is 1. The van der Waals surface area contributed by atoms with Crippen LogP contribution >= 0.6 is 0 Å². The van der Waals surface area contributed by atoms with E-state index in [2.05, 4.69) is 10.3 Å². The molecule has 4 nitrogen and oxygen atoms in total. The quantitative estimate of drug-likeness (QED) is 0.707. The predicted octanol–water partition coefficient (Wildman–Crippen LogP) is 4.31. The maximum absolute atomic E-state index is 9.53. The topological polar surface area (TPSA) is 54.4 Å². The molecular formula is C18H18N2O2. The lowest BCUT2D eigenvalue weighted by atomic mass is 10.1. The van der Waals surface area contributed by atoms with Crippen molar-refractivity contribution in [3.8, 4) is 11.5 Å². The van der Waals surface area contributed by atoms with Gasteiger partial charge < -0.3 is 15.2 Å². The van der Waals surface area contributed by atoms with Crippen molar-refractivity contribution in [2.75, 3.05) is 12.4 Å². The molecule has 0 aliphatic heterocycles. The molecular weight excluding hydrogens is 276 g/mol. The van der Waals surface area contributed by atoms with E-state index in [0.29, 0.717) is 0 Å². The maximum Gasteiger partial charge on any atom is 0.145 e. The molecule has 0 bridgehead atoms. The number of nitrogens with one attached hydrogen (secondary N) is 1. The van der Waals surface area contributed by atoms with E-state index in [4.69, 9.17) is 4.74 Å². The van der Waals surface area contributed by atoms with Crippen LogP contribution in [0.3, 0.4) is 0 Å². The molecule has 0 atom stereocenters. The molecule has 0 saturated carbocycles. The van der Waals surface area contributed by atoms with Gasteiger partial charge in [0, 0.05) is 22.5 Å². The van der Waals surface area contributed by atoms with Crippen LogP contribution in [0.5, 0.6) is 11.5 Å². The van der Waals surface area contributed by atoms with Gasteiger partial charge in [-0.05, 0) is 49.7 Å². The van der Waals surface area contributed by atoms with Crippen LogP contribution in [-0.4, -0.2) is 17.2 Å². The molecule has 1 heterocycles. The number of para-hydroxylation sites is 1. The second-order valence-electron chi connectivity index (χ2n) is 5.29. The molecule has 22 heavy (non-hydrogen) atoms. The standard InChI is InChI=1S/C18H18N2O2/c1-11-9-13(21)7-8-15(11)20-16-10-12(2)19-18-14(16)5-4-6-17(18)22-3/h4-10,21H,1-3H3,(H,19,20). The molecule has 2 aromatic carbocycles. The highest BCUT2D eigenvalue weighted by molar-refractivity contribution is 5.96. The summed E-state index contributed by atoms with van der Waals surface area (Å²) in [6.45, 7) is 3.92. The van der Waals surface area contributed by atoms with Crippen LogP contribution in [0.15, 0.2) is 42.5 Å². The third kappa shape index (κ3) is 2.55. The number of rotatable bonds is 3. The molecule has 0 amide bonds. The van der Waals surface area contributed by atoms with Gasteiger partial charge in [0.25, 0.3) is 0 Å². The van der Waals surface area contributed by atoms with Crippen LogP contribution in [0.1, 0.15) is 11.3 Å². The van der Waals surface area contributed by atoms with Gasteiger partial charge in [-0.2, -0.15) is 0 Å². The minimum Gasteiger partial charge on any atom is -0.508 e. The first-order valence-corrected chi connectivity index (χ1v) is 7.09. The Morgan fingerprint density at radius 3 is 2.59 bits per heavy atom. The largest absolute Gasteiger partial charge is 0.508 e. The molecule has 3 aromatic rings. The average molecular weight is 294 g/mol. The number of aromatic nitrogens is 1. The Balaban J connectivity index is 2.14. The first-order chi connectivity index (χ1) is 10.6. The van der Waals surface area contributed by atoms with Crippen molar-refractivity contribution in [2.45, 2.75) is 13.8 Å². The monoisotopic (exact) mass is 294 g/mol. The van der Waals surface area contributed by atoms with Gasteiger partial charge >= 0.3 is 0 Å². The van der Waals surface area contributed by atoms with E-state index < -0.39 is 0 Å². The number of aryl methyl sites for hydroxylation is 2. The number of nitrogens with zero attached hydrogens (tertiary/aromatic N) is 1. The number of hydrogen-bond acceptors (Lipinski definition) is 4. The zero-order valence-corrected chi connectivity index (χ0v) is 12.8. The van der Waals surface area contributed by atoms with Gasteiger partial charge in [-0.1, -0.05) is 12.1 Å². The number of phenols is 1. The lowest BCUT2D eigenvalue weighted by molar-refractivity contribution is 0.419. The summed E-state index contributed by atoms with van der Waals surface area (Å²) in [6.07, 6.45) is 0. The summed E-state index contributed by atoms with van der Waals surface area (Å²) in [5, 5.41) is 14.0. The Bertz CT molecular complexity index is 844. The molecule has 0 spiro atoms. The number of fused-ring (bicyclic) bond motifs is 1. The molecule has 0 fully saturated rings. The van der Waals surface area contributed by atoms with E-state index in [1.165, 1.54) is 0 Å². The van der Waals surface area contributed by atoms with Gasteiger partial charge in [0.2, 0.25) is 0 Å². The molecule has 0 aliphatic rings. The third-order valence-electron chi connectivity index (χ3n) is 3.63. The van der Waals surface area contributed by atoms with Crippen molar-refractivity contribution < 1.29 is 9.84 Å². The van der Waals surface area contributed by atoms with Crippen LogP contribution < -0.4 is 10.1 Å². The summed E-state index contributed by atoms with van der Waals surface area (Å²) < 4.78 is 5.40. The normalized spacial score (nSPS) is 10.7. The van der Waals surface area contributed by atoms with E-state index in [1.807, 2.05) is 44.2 Å². The Morgan fingerprint density at radius 1 is 1.05 bits per heavy atom. The van der Waals surface area contributed by atoms with Crippen LogP contribution in [0.4, 0.5) is 11.4 Å². The Kier molecular flexibility index (Phi) is 3.59. The number of phenolic OH excluding ortho intramolecular Hbond substituents is 1. The molecule has 4 heteroatoms. The van der Waals surface area contributed by atoms with Gasteiger partial charge in [-0.25, -0.2) is 4.98 Å². The lowest BCUT2D eigenvalue weighted by Crippen LogP contribution is -1.97. The SMILES string of the molecule is COc1cccc2c(Nc3ccc(O)cc3C)cc(C)nc12. The molecule has 1 aromatic heterocycles. The van der Waals surface area contributed by atoms with Crippen molar-refractivity contribution in [1.29, 1.82) is 0 Å². The Hall–Kier alpha value is -2.75. The van der Waals surface area contributed by atoms with Crippen molar-refractivity contribution in [3.63, 3.8) is 0 Å². The molecule has 0 aliphatic carbocycles. The van der Waals surface area contributed by atoms with Gasteiger partial charge in [-0.3, -0.25) is 0 Å². The number of pyridine rings is 1. The highest BCUT2D eigenvalue weighted by Crippen LogP contribution is 2.32. The number of anilines is 2. The lowest BCUT2D eigenvalue weighted by Gasteiger charge is -2.14. The number of methoxy groups -OCH3 is 1. The molecule has 3 rings (SSSR count). The average Bonchev–Trinajstić information content (AvgIpc) is 2.49. The van der Waals surface area contributed by atoms with Crippen LogP contribution in [0, 0.1) is 13.8 Å². The second kappa shape index (κ2) is 5.56. The molecule has 0 unspecified atom stereocenters. The Morgan fingerprint density at radius 2 is 1.86 bits per heavy atom. The summed E-state index contributed by atoms with van der Waals surface area (Å²) in [7, 11) is 1.65. The molecule has 0 saturated heterocycles. The summed E-state index contributed by atoms with van der Waals surface area (Å²) in [5.74, 6) is 1.02. The van der Waals surface area contributed by atoms with Crippen LogP contribution in [-0.2, 0) is 0 Å². The van der Waals surface area contributed by atoms with Crippen molar-refractivity contribution in [1.82, 2.24) is 4.98 Å². The minimum absolute atomic E-state index is 0.264. The van der Waals surface area contributed by atoms with Gasteiger partial charge in [0.1, 0.15) is 17.0 Å². The fourth-order valence-electron chi connectivity index (χ4n) is 2.55. The van der Waals surface area contributed by atoms with E-state index >= 15 is 0 Å². The van der Waals surface area contributed by atoms with Crippen molar-refractivity contribution in [2.24, 2.45) is 0 Å². The van der Waals surface area contributed by atoms with Crippen molar-refractivity contribution in [3.05, 3.63) is 53.7 Å². The number of benzene rings is 2. The molecule has 0 radical (unpaired) electrons. The second-order valence-corrected chi connectivity index (χ2v) is 5.29. The minimum atomic E-state index is 0.264. The zero-order chi connectivity index (χ0) is 15.7. The van der Waals surface area contributed by atoms with E-state index in [-0.39, 0.29) is 5.75 Å². The highest BCUT2D eigenvalue weighted by atomic mass is 16.5. The molecule has 112 valence electrons. The predicted molar refractivity (Wildman–Crippen MR) is 89.2 cm³/mol. The Labute approximate surface area is 129 Å². The maximum atomic E-state index is 9.53. The molecule has 2 N–H and O–H groups in total. The summed E-state index contributed by atoms with van der Waals surface area (Å²) >= 11 is 0. The zero-order valence-electron chi connectivity index (χ0n) is 12.8. The van der Waals surface area contributed by atoms with Crippen LogP contribution in [0.2, 0.25) is 0 Å². The summed E-state index contributed by atoms with van der Waals surface area (Å²) in [5.41, 5.74) is 4.65. The highest BCUT2D eigenvalue weighted by Gasteiger charge is 2.09. The van der Waals surface area contributed by atoms with E-state index in [9.17, 15) is 5.11 Å². The summed E-state index contributed by atoms with van der Waals surface area (Å²) in [6, 6.07) is 13.2. The number of aromatic hydroxyl groups is 1. The van der Waals surface area contributed by atoms with Gasteiger partial charge in [0.05, 0.1) is 7.11 Å². The first kappa shape index (κ1) is 14.2. The number of hydrogen-bond donors (Lipinski definition) is 2. The van der Waals surface area contributed by atoms with Crippen LogP contribution in [0.25, 0.3) is 10.9 Å². The van der Waals surface area contributed by atoms with Gasteiger partial charge in [0.15, 0.2) is 0 Å².